The number of amides is 3. The minimum absolute atomic E-state index is 0.251. The number of hydrogen-bond donors (Lipinski definition) is 3. The Morgan fingerprint density at radius 1 is 0.897 bits per heavy atom. The van der Waals surface area contributed by atoms with Gasteiger partial charge >= 0.3 is 5.97 Å². The van der Waals surface area contributed by atoms with Gasteiger partial charge in [-0.2, -0.15) is 0 Å². The Kier molecular flexibility index (Phi) is 7.90. The second-order valence-corrected chi connectivity index (χ2v) is 7.51. The van der Waals surface area contributed by atoms with Crippen LogP contribution in [0.3, 0.4) is 0 Å². The SMILES string of the molecule is CC(C)[C@H](NC(=O)c1cccs1)C(=O)O[C@@H](C)C(=O)NNC(=O)c1ccccc1. The van der Waals surface area contributed by atoms with Crippen LogP contribution in [-0.4, -0.2) is 35.8 Å². The lowest BCUT2D eigenvalue weighted by molar-refractivity contribution is -0.157. The van der Waals surface area contributed by atoms with Crippen LogP contribution in [0.5, 0.6) is 0 Å². The van der Waals surface area contributed by atoms with Crippen LogP contribution in [0, 0.1) is 5.92 Å². The van der Waals surface area contributed by atoms with Crippen molar-refractivity contribution >= 4 is 35.0 Å². The highest BCUT2D eigenvalue weighted by Crippen LogP contribution is 2.11. The van der Waals surface area contributed by atoms with Crippen LogP contribution < -0.4 is 16.2 Å². The highest BCUT2D eigenvalue weighted by atomic mass is 32.1. The average Bonchev–Trinajstić information content (AvgIpc) is 3.25. The summed E-state index contributed by atoms with van der Waals surface area (Å²) >= 11 is 1.25. The largest absolute Gasteiger partial charge is 0.451 e. The molecule has 0 aliphatic rings. The summed E-state index contributed by atoms with van der Waals surface area (Å²) in [6.07, 6.45) is -1.17. The van der Waals surface area contributed by atoms with E-state index in [0.29, 0.717) is 10.4 Å². The van der Waals surface area contributed by atoms with Crippen LogP contribution >= 0.6 is 11.3 Å². The Morgan fingerprint density at radius 3 is 2.17 bits per heavy atom. The highest BCUT2D eigenvalue weighted by Gasteiger charge is 2.29. The summed E-state index contributed by atoms with van der Waals surface area (Å²) in [5, 5.41) is 4.39. The number of ether oxygens (including phenoxy) is 1. The van der Waals surface area contributed by atoms with Crippen LogP contribution in [0.4, 0.5) is 0 Å². The maximum atomic E-state index is 12.5. The second kappa shape index (κ2) is 10.4. The molecule has 0 aliphatic heterocycles. The minimum atomic E-state index is -1.17. The number of carbonyl (C=O) groups is 4. The molecule has 3 amide bonds. The number of esters is 1. The molecule has 9 heteroatoms. The molecular formula is C20H23N3O5S. The molecule has 1 aromatic carbocycles. The van der Waals surface area contributed by atoms with Gasteiger partial charge in [-0.15, -0.1) is 11.3 Å². The van der Waals surface area contributed by atoms with Gasteiger partial charge in [0, 0.05) is 5.56 Å². The van der Waals surface area contributed by atoms with Crippen molar-refractivity contribution < 1.29 is 23.9 Å². The van der Waals surface area contributed by atoms with Gasteiger partial charge in [-0.3, -0.25) is 25.2 Å². The smallest absolute Gasteiger partial charge is 0.329 e. The van der Waals surface area contributed by atoms with Crippen molar-refractivity contribution in [3.63, 3.8) is 0 Å². The number of thiophene rings is 1. The summed E-state index contributed by atoms with van der Waals surface area (Å²) in [6.45, 7) is 4.89. The molecule has 2 aromatic rings. The Hall–Kier alpha value is -3.20. The third kappa shape index (κ3) is 6.42. The van der Waals surface area contributed by atoms with E-state index in [1.54, 1.807) is 61.7 Å². The molecule has 1 aromatic heterocycles. The Balaban J connectivity index is 1.88. The lowest BCUT2D eigenvalue weighted by Gasteiger charge is -2.22. The van der Waals surface area contributed by atoms with Crippen molar-refractivity contribution in [1.82, 2.24) is 16.2 Å². The molecule has 0 saturated carbocycles. The average molecular weight is 417 g/mol. The quantitative estimate of drug-likeness (QED) is 0.470. The lowest BCUT2D eigenvalue weighted by atomic mass is 10.0. The van der Waals surface area contributed by atoms with E-state index < -0.39 is 29.9 Å². The molecule has 1 heterocycles. The first kappa shape index (κ1) is 22.1. The fraction of sp³-hybridized carbons (Fsp3) is 0.300. The first-order chi connectivity index (χ1) is 13.8. The van der Waals surface area contributed by atoms with Gasteiger partial charge in [0.25, 0.3) is 17.7 Å². The van der Waals surface area contributed by atoms with E-state index in [1.165, 1.54) is 18.3 Å². The molecule has 0 radical (unpaired) electrons. The molecule has 2 atom stereocenters. The Labute approximate surface area is 172 Å². The van der Waals surface area contributed by atoms with E-state index in [9.17, 15) is 19.2 Å². The third-order valence-electron chi connectivity index (χ3n) is 3.95. The van der Waals surface area contributed by atoms with E-state index in [1.807, 2.05) is 0 Å². The second-order valence-electron chi connectivity index (χ2n) is 6.56. The first-order valence-electron chi connectivity index (χ1n) is 8.99. The van der Waals surface area contributed by atoms with Crippen LogP contribution in [0.2, 0.25) is 0 Å². The van der Waals surface area contributed by atoms with Crippen LogP contribution in [0.1, 0.15) is 40.8 Å². The van der Waals surface area contributed by atoms with E-state index in [-0.39, 0.29) is 11.8 Å². The standard InChI is InChI=1S/C20H23N3O5S/c1-12(2)16(21-19(26)15-10-7-11-29-15)20(27)28-13(3)17(24)22-23-18(25)14-8-5-4-6-9-14/h4-13,16H,1-3H3,(H,21,26)(H,22,24)(H,23,25)/t13-,16-/m0/s1. The molecule has 0 aliphatic carbocycles. The number of rotatable bonds is 7. The zero-order valence-electron chi connectivity index (χ0n) is 16.3. The molecular weight excluding hydrogens is 394 g/mol. The number of carbonyl (C=O) groups excluding carboxylic acids is 4. The number of hydrazine groups is 1. The Morgan fingerprint density at radius 2 is 1.59 bits per heavy atom. The predicted octanol–water partition coefficient (Wildman–Crippen LogP) is 1.90. The summed E-state index contributed by atoms with van der Waals surface area (Å²) < 4.78 is 5.18. The van der Waals surface area contributed by atoms with Gasteiger partial charge in [0.05, 0.1) is 4.88 Å². The maximum Gasteiger partial charge on any atom is 0.329 e. The molecule has 29 heavy (non-hydrogen) atoms. The molecule has 0 fully saturated rings. The molecule has 0 spiro atoms. The topological polar surface area (TPSA) is 114 Å². The van der Waals surface area contributed by atoms with Crippen molar-refractivity contribution in [1.29, 1.82) is 0 Å². The molecule has 154 valence electrons. The van der Waals surface area contributed by atoms with Crippen LogP contribution in [0.25, 0.3) is 0 Å². The van der Waals surface area contributed by atoms with Gasteiger partial charge in [0.1, 0.15) is 6.04 Å². The summed E-state index contributed by atoms with van der Waals surface area (Å²) in [5.74, 6) is -2.57. The van der Waals surface area contributed by atoms with Crippen molar-refractivity contribution in [3.8, 4) is 0 Å². The molecule has 8 nitrogen and oxygen atoms in total. The zero-order chi connectivity index (χ0) is 21.4. The first-order valence-corrected chi connectivity index (χ1v) is 9.87. The van der Waals surface area contributed by atoms with Gasteiger partial charge in [0.15, 0.2) is 6.10 Å². The number of hydrogen-bond acceptors (Lipinski definition) is 6. The summed E-state index contributed by atoms with van der Waals surface area (Å²) in [6, 6.07) is 10.8. The molecule has 0 saturated heterocycles. The van der Waals surface area contributed by atoms with Gasteiger partial charge in [-0.1, -0.05) is 38.1 Å². The van der Waals surface area contributed by atoms with Gasteiger partial charge in [0.2, 0.25) is 0 Å². The Bertz CT molecular complexity index is 852. The van der Waals surface area contributed by atoms with Crippen molar-refractivity contribution in [2.45, 2.75) is 32.9 Å². The molecule has 2 rings (SSSR count). The third-order valence-corrected chi connectivity index (χ3v) is 4.82. The van der Waals surface area contributed by atoms with Crippen LogP contribution in [0.15, 0.2) is 47.8 Å². The maximum absolute atomic E-state index is 12.5. The summed E-state index contributed by atoms with van der Waals surface area (Å²) in [4.78, 5) is 49.2. The summed E-state index contributed by atoms with van der Waals surface area (Å²) in [7, 11) is 0. The van der Waals surface area contributed by atoms with E-state index in [0.717, 1.165) is 0 Å². The molecule has 0 bridgehead atoms. The van der Waals surface area contributed by atoms with Gasteiger partial charge in [-0.05, 0) is 36.4 Å². The highest BCUT2D eigenvalue weighted by molar-refractivity contribution is 7.12. The van der Waals surface area contributed by atoms with Gasteiger partial charge in [-0.25, -0.2) is 4.79 Å². The number of nitrogens with one attached hydrogen (secondary N) is 3. The van der Waals surface area contributed by atoms with Crippen LogP contribution in [-0.2, 0) is 14.3 Å². The fourth-order valence-corrected chi connectivity index (χ4v) is 2.93. The fourth-order valence-electron chi connectivity index (χ4n) is 2.30. The molecule has 0 unspecified atom stereocenters. The monoisotopic (exact) mass is 417 g/mol. The van der Waals surface area contributed by atoms with Gasteiger partial charge < -0.3 is 10.1 Å². The van der Waals surface area contributed by atoms with E-state index >= 15 is 0 Å². The summed E-state index contributed by atoms with van der Waals surface area (Å²) in [5.41, 5.74) is 4.84. The van der Waals surface area contributed by atoms with E-state index in [4.69, 9.17) is 4.74 Å². The van der Waals surface area contributed by atoms with Crippen molar-refractivity contribution in [2.75, 3.05) is 0 Å². The molecule has 3 N–H and O–H groups in total. The van der Waals surface area contributed by atoms with Crippen molar-refractivity contribution in [2.24, 2.45) is 5.92 Å². The zero-order valence-corrected chi connectivity index (χ0v) is 17.1. The van der Waals surface area contributed by atoms with E-state index in [2.05, 4.69) is 16.2 Å². The number of benzene rings is 1. The normalized spacial score (nSPS) is 12.6. The minimum Gasteiger partial charge on any atom is -0.451 e. The lowest BCUT2D eigenvalue weighted by Crippen LogP contribution is -2.50. The van der Waals surface area contributed by atoms with Crippen molar-refractivity contribution in [3.05, 3.63) is 58.3 Å². The predicted molar refractivity (Wildman–Crippen MR) is 108 cm³/mol.